The molecule has 0 aromatic heterocycles. The zero-order chi connectivity index (χ0) is 21.8. The first-order valence-electron chi connectivity index (χ1n) is 11.8. The Balaban J connectivity index is 1.44. The molecule has 4 aromatic rings. The molecule has 2 aliphatic heterocycles. The van der Waals surface area contributed by atoms with E-state index in [0.29, 0.717) is 23.7 Å². The Morgan fingerprint density at radius 2 is 0.909 bits per heavy atom. The fourth-order valence-electron chi connectivity index (χ4n) is 7.80. The topological polar surface area (TPSA) is 27.7 Å². The minimum absolute atomic E-state index is 0.0117. The number of methoxy groups -OCH3 is 2. The molecular weight excluding hydrogens is 408 g/mol. The number of hydrogen-bond donors (Lipinski definition) is 0. The molecule has 0 spiro atoms. The van der Waals surface area contributed by atoms with Gasteiger partial charge >= 0.3 is 0 Å². The second-order valence-corrected chi connectivity index (χ2v) is 9.78. The van der Waals surface area contributed by atoms with Crippen LogP contribution in [0.3, 0.4) is 0 Å². The van der Waals surface area contributed by atoms with Crippen molar-refractivity contribution in [3.8, 4) is 11.5 Å². The van der Waals surface area contributed by atoms with Crippen molar-refractivity contribution in [2.24, 2.45) is 11.8 Å². The quantitative estimate of drug-likeness (QED) is 0.362. The lowest BCUT2D eigenvalue weighted by Crippen LogP contribution is -2.42. The summed E-state index contributed by atoms with van der Waals surface area (Å²) in [6.07, 6.45) is 0.0235. The molecule has 3 heteroatoms. The van der Waals surface area contributed by atoms with Gasteiger partial charge in [-0.3, -0.25) is 0 Å². The summed E-state index contributed by atoms with van der Waals surface area (Å²) in [6.45, 7) is 0. The summed E-state index contributed by atoms with van der Waals surface area (Å²) < 4.78 is 19.1. The molecule has 1 saturated heterocycles. The standard InChI is InChI=1S/C30H24O3/c1-31-27-19-13-7-8-14-20(19)28(32-2)26-25(27)29-23-21-15-9-3-5-11-17(15)22(24(23)30(26)33-29)18-12-6-4-10-16(18)21/h3-14,21-24,29-30H,1-2H3/t21?,22?,23-,24-,29-,30-/m0/s1. The molecule has 33 heavy (non-hydrogen) atoms. The normalized spacial score (nSPS) is 29.4. The smallest absolute Gasteiger partial charge is 0.133 e. The van der Waals surface area contributed by atoms with Gasteiger partial charge in [0, 0.05) is 45.6 Å². The first-order valence-corrected chi connectivity index (χ1v) is 11.8. The third kappa shape index (κ3) is 1.98. The Labute approximate surface area is 192 Å². The molecule has 162 valence electrons. The van der Waals surface area contributed by atoms with Crippen LogP contribution in [-0.4, -0.2) is 14.2 Å². The van der Waals surface area contributed by atoms with Crippen molar-refractivity contribution in [3.05, 3.63) is 106 Å². The predicted molar refractivity (Wildman–Crippen MR) is 127 cm³/mol. The van der Waals surface area contributed by atoms with Crippen LogP contribution in [0.25, 0.3) is 10.8 Å². The minimum Gasteiger partial charge on any atom is -0.496 e. The highest BCUT2D eigenvalue weighted by Gasteiger charge is 2.64. The van der Waals surface area contributed by atoms with Crippen LogP contribution in [0, 0.1) is 11.8 Å². The van der Waals surface area contributed by atoms with Crippen LogP contribution in [0.5, 0.6) is 11.5 Å². The molecule has 0 unspecified atom stereocenters. The second kappa shape index (κ2) is 6.18. The lowest BCUT2D eigenvalue weighted by molar-refractivity contribution is 0.0519. The maximum Gasteiger partial charge on any atom is 0.133 e. The van der Waals surface area contributed by atoms with Crippen LogP contribution in [0.15, 0.2) is 72.8 Å². The van der Waals surface area contributed by atoms with Crippen molar-refractivity contribution in [1.29, 1.82) is 0 Å². The van der Waals surface area contributed by atoms with Crippen molar-refractivity contribution in [3.63, 3.8) is 0 Å². The van der Waals surface area contributed by atoms with E-state index in [2.05, 4.69) is 72.8 Å². The molecule has 1 fully saturated rings. The van der Waals surface area contributed by atoms with Crippen molar-refractivity contribution in [1.82, 2.24) is 0 Å². The molecule has 4 aromatic carbocycles. The molecule has 5 aliphatic rings. The monoisotopic (exact) mass is 432 g/mol. The maximum absolute atomic E-state index is 6.93. The zero-order valence-electron chi connectivity index (χ0n) is 18.6. The van der Waals surface area contributed by atoms with Gasteiger partial charge in [0.2, 0.25) is 0 Å². The van der Waals surface area contributed by atoms with Gasteiger partial charge in [0.1, 0.15) is 11.5 Å². The van der Waals surface area contributed by atoms with Gasteiger partial charge in [-0.15, -0.1) is 0 Å². The van der Waals surface area contributed by atoms with E-state index in [1.165, 1.54) is 33.4 Å². The van der Waals surface area contributed by atoms with Gasteiger partial charge < -0.3 is 14.2 Å². The molecule has 4 atom stereocenters. The van der Waals surface area contributed by atoms with E-state index in [-0.39, 0.29) is 12.2 Å². The molecular formula is C30H24O3. The van der Waals surface area contributed by atoms with Crippen LogP contribution < -0.4 is 9.47 Å². The Kier molecular flexibility index (Phi) is 3.40. The Bertz CT molecular complexity index is 1320. The van der Waals surface area contributed by atoms with E-state index in [9.17, 15) is 0 Å². The lowest BCUT2D eigenvalue weighted by Gasteiger charge is -2.51. The zero-order valence-corrected chi connectivity index (χ0v) is 18.6. The Hall–Kier alpha value is -3.30. The SMILES string of the molecule is COc1c2c(c(OC)c3ccccc13)[C@H]1O[C@H]2[C@H]2C3c4ccccc4C(c4ccccc43)[C@@H]21. The first-order chi connectivity index (χ1) is 16.3. The fourth-order valence-corrected chi connectivity index (χ4v) is 7.80. The number of hydrogen-bond acceptors (Lipinski definition) is 3. The van der Waals surface area contributed by atoms with Crippen molar-refractivity contribution < 1.29 is 14.2 Å². The van der Waals surface area contributed by atoms with Crippen LogP contribution >= 0.6 is 0 Å². The van der Waals surface area contributed by atoms with E-state index < -0.39 is 0 Å². The summed E-state index contributed by atoms with van der Waals surface area (Å²) in [5.41, 5.74) is 8.33. The number of fused-ring (bicyclic) bond motifs is 6. The molecule has 3 nitrogen and oxygen atoms in total. The highest BCUT2D eigenvalue weighted by molar-refractivity contribution is 5.97. The van der Waals surface area contributed by atoms with Gasteiger partial charge in [0.15, 0.2) is 0 Å². The second-order valence-electron chi connectivity index (χ2n) is 9.78. The lowest BCUT2D eigenvalue weighted by atomic mass is 9.50. The molecule has 4 bridgehead atoms. The summed E-state index contributed by atoms with van der Waals surface area (Å²) in [5.74, 6) is 3.40. The average molecular weight is 433 g/mol. The number of benzene rings is 4. The predicted octanol–water partition coefficient (Wildman–Crippen LogP) is 6.51. The highest BCUT2D eigenvalue weighted by Crippen LogP contribution is 2.74. The van der Waals surface area contributed by atoms with Gasteiger partial charge in [-0.2, -0.15) is 0 Å². The largest absolute Gasteiger partial charge is 0.496 e. The average Bonchev–Trinajstić information content (AvgIpc) is 3.45. The molecule has 0 saturated carbocycles. The van der Waals surface area contributed by atoms with Gasteiger partial charge in [0.05, 0.1) is 26.4 Å². The van der Waals surface area contributed by atoms with Crippen molar-refractivity contribution in [2.45, 2.75) is 24.0 Å². The third-order valence-electron chi connectivity index (χ3n) is 8.71. The van der Waals surface area contributed by atoms with Gasteiger partial charge in [-0.05, 0) is 22.3 Å². The van der Waals surface area contributed by atoms with E-state index in [0.717, 1.165) is 22.3 Å². The minimum atomic E-state index is 0.0117. The molecule has 0 radical (unpaired) electrons. The van der Waals surface area contributed by atoms with E-state index in [1.807, 2.05) is 0 Å². The summed E-state index contributed by atoms with van der Waals surface area (Å²) in [7, 11) is 3.57. The van der Waals surface area contributed by atoms with Crippen LogP contribution in [0.2, 0.25) is 0 Å². The van der Waals surface area contributed by atoms with Crippen molar-refractivity contribution >= 4 is 10.8 Å². The highest BCUT2D eigenvalue weighted by atomic mass is 16.5. The first kappa shape index (κ1) is 18.2. The van der Waals surface area contributed by atoms with E-state index in [4.69, 9.17) is 14.2 Å². The van der Waals surface area contributed by atoms with Crippen molar-refractivity contribution in [2.75, 3.05) is 14.2 Å². The van der Waals surface area contributed by atoms with Gasteiger partial charge in [-0.25, -0.2) is 0 Å². The molecule has 2 heterocycles. The van der Waals surface area contributed by atoms with Crippen LogP contribution in [-0.2, 0) is 4.74 Å². The number of ether oxygens (including phenoxy) is 3. The van der Waals surface area contributed by atoms with E-state index in [1.54, 1.807) is 14.2 Å². The van der Waals surface area contributed by atoms with E-state index >= 15 is 0 Å². The number of rotatable bonds is 2. The van der Waals surface area contributed by atoms with Crippen LogP contribution in [0.1, 0.15) is 57.4 Å². The van der Waals surface area contributed by atoms with Gasteiger partial charge in [0.25, 0.3) is 0 Å². The maximum atomic E-state index is 6.93. The summed E-state index contributed by atoms with van der Waals surface area (Å²) in [5, 5.41) is 2.20. The summed E-state index contributed by atoms with van der Waals surface area (Å²) >= 11 is 0. The molecule has 0 amide bonds. The third-order valence-corrected chi connectivity index (χ3v) is 8.71. The Morgan fingerprint density at radius 3 is 1.27 bits per heavy atom. The van der Waals surface area contributed by atoms with Gasteiger partial charge in [-0.1, -0.05) is 72.8 Å². The van der Waals surface area contributed by atoms with Crippen LogP contribution in [0.4, 0.5) is 0 Å². The molecule has 9 rings (SSSR count). The molecule has 0 N–H and O–H groups in total. The molecule has 3 aliphatic carbocycles. The summed E-state index contributed by atoms with van der Waals surface area (Å²) in [6, 6.07) is 26.5. The summed E-state index contributed by atoms with van der Waals surface area (Å²) in [4.78, 5) is 0. The fraction of sp³-hybridized carbons (Fsp3) is 0.267. The Morgan fingerprint density at radius 1 is 0.545 bits per heavy atom.